The average Bonchev–Trinajstić information content (AvgIpc) is 2.48. The van der Waals surface area contributed by atoms with Gasteiger partial charge in [0.1, 0.15) is 5.75 Å². The van der Waals surface area contributed by atoms with Gasteiger partial charge in [0.15, 0.2) is 5.16 Å². The Morgan fingerprint density at radius 2 is 2.05 bits per heavy atom. The standard InChI is InChI=1S/C16H20N2O2S/c1-3-13-11-15(19)18-16(17-13)21-10-4-9-20-14-7-5-12(2)6-8-14/h5-8,11H,3-4,9-10H2,1-2H3,(H,17,18,19). The van der Waals surface area contributed by atoms with Gasteiger partial charge in [0.2, 0.25) is 0 Å². The Morgan fingerprint density at radius 3 is 2.76 bits per heavy atom. The molecule has 2 aromatic rings. The minimum atomic E-state index is -0.0831. The van der Waals surface area contributed by atoms with E-state index in [0.717, 1.165) is 30.0 Å². The maximum Gasteiger partial charge on any atom is 0.251 e. The van der Waals surface area contributed by atoms with Crippen molar-refractivity contribution in [1.82, 2.24) is 9.97 Å². The molecule has 0 aliphatic heterocycles. The van der Waals surface area contributed by atoms with Crippen molar-refractivity contribution >= 4 is 11.8 Å². The zero-order valence-electron chi connectivity index (χ0n) is 12.4. The van der Waals surface area contributed by atoms with Crippen LogP contribution in [0.2, 0.25) is 0 Å². The van der Waals surface area contributed by atoms with Crippen LogP contribution >= 0.6 is 11.8 Å². The van der Waals surface area contributed by atoms with Crippen LogP contribution in [0.1, 0.15) is 24.6 Å². The third-order valence-corrected chi connectivity index (χ3v) is 3.91. The number of H-pyrrole nitrogens is 1. The molecule has 1 aromatic carbocycles. The van der Waals surface area contributed by atoms with E-state index < -0.39 is 0 Å². The van der Waals surface area contributed by atoms with E-state index in [-0.39, 0.29) is 5.56 Å². The molecule has 0 saturated carbocycles. The molecule has 1 aromatic heterocycles. The molecule has 5 heteroatoms. The van der Waals surface area contributed by atoms with Crippen LogP contribution in [-0.2, 0) is 6.42 Å². The van der Waals surface area contributed by atoms with Crippen LogP contribution in [0.5, 0.6) is 5.75 Å². The van der Waals surface area contributed by atoms with Gasteiger partial charge >= 0.3 is 0 Å². The highest BCUT2D eigenvalue weighted by atomic mass is 32.2. The zero-order valence-corrected chi connectivity index (χ0v) is 13.2. The molecule has 0 fully saturated rings. The quantitative estimate of drug-likeness (QED) is 0.485. The first-order valence-electron chi connectivity index (χ1n) is 7.10. The lowest BCUT2D eigenvalue weighted by molar-refractivity contribution is 0.318. The second kappa shape index (κ2) is 7.88. The molecular weight excluding hydrogens is 284 g/mol. The Kier molecular flexibility index (Phi) is 5.87. The maximum absolute atomic E-state index is 11.4. The number of nitrogens with zero attached hydrogens (tertiary/aromatic N) is 1. The number of thioether (sulfide) groups is 1. The molecule has 0 aliphatic carbocycles. The van der Waals surface area contributed by atoms with E-state index in [0.29, 0.717) is 11.8 Å². The monoisotopic (exact) mass is 304 g/mol. The highest BCUT2D eigenvalue weighted by molar-refractivity contribution is 7.99. The normalized spacial score (nSPS) is 10.6. The Morgan fingerprint density at radius 1 is 1.29 bits per heavy atom. The minimum absolute atomic E-state index is 0.0831. The molecule has 112 valence electrons. The van der Waals surface area contributed by atoms with E-state index >= 15 is 0 Å². The first-order chi connectivity index (χ1) is 10.2. The van der Waals surface area contributed by atoms with Crippen LogP contribution in [0.25, 0.3) is 0 Å². The summed E-state index contributed by atoms with van der Waals surface area (Å²) in [5, 5.41) is 0.690. The van der Waals surface area contributed by atoms with E-state index in [2.05, 4.69) is 16.9 Å². The summed E-state index contributed by atoms with van der Waals surface area (Å²) < 4.78 is 5.66. The van der Waals surface area contributed by atoms with E-state index in [4.69, 9.17) is 4.74 Å². The molecule has 0 spiro atoms. The third-order valence-electron chi connectivity index (χ3n) is 2.95. The predicted molar refractivity (Wildman–Crippen MR) is 86.3 cm³/mol. The first kappa shape index (κ1) is 15.6. The number of ether oxygens (including phenoxy) is 1. The van der Waals surface area contributed by atoms with Crippen molar-refractivity contribution < 1.29 is 4.74 Å². The lowest BCUT2D eigenvalue weighted by Gasteiger charge is -2.06. The van der Waals surface area contributed by atoms with Crippen LogP contribution in [0.15, 0.2) is 40.3 Å². The van der Waals surface area contributed by atoms with Crippen molar-refractivity contribution in [2.75, 3.05) is 12.4 Å². The number of rotatable bonds is 7. The lowest BCUT2D eigenvalue weighted by Crippen LogP contribution is -2.10. The molecule has 1 N–H and O–H groups in total. The van der Waals surface area contributed by atoms with Gasteiger partial charge < -0.3 is 9.72 Å². The molecule has 0 atom stereocenters. The fourth-order valence-corrected chi connectivity index (χ4v) is 2.60. The number of hydrogen-bond donors (Lipinski definition) is 1. The molecule has 0 aliphatic rings. The molecule has 4 nitrogen and oxygen atoms in total. The summed E-state index contributed by atoms with van der Waals surface area (Å²) in [5.41, 5.74) is 1.97. The van der Waals surface area contributed by atoms with Gasteiger partial charge in [-0.25, -0.2) is 4.98 Å². The van der Waals surface area contributed by atoms with Gasteiger partial charge in [-0.2, -0.15) is 0 Å². The molecule has 0 amide bonds. The van der Waals surface area contributed by atoms with E-state index in [9.17, 15) is 4.79 Å². The van der Waals surface area contributed by atoms with Crippen LogP contribution in [-0.4, -0.2) is 22.3 Å². The van der Waals surface area contributed by atoms with Gasteiger partial charge in [0, 0.05) is 17.5 Å². The van der Waals surface area contributed by atoms with Crippen molar-refractivity contribution in [3.05, 3.63) is 51.9 Å². The minimum Gasteiger partial charge on any atom is -0.494 e. The summed E-state index contributed by atoms with van der Waals surface area (Å²) in [6.45, 7) is 4.71. The summed E-state index contributed by atoms with van der Waals surface area (Å²) in [7, 11) is 0. The average molecular weight is 304 g/mol. The molecule has 0 bridgehead atoms. The third kappa shape index (κ3) is 5.27. The van der Waals surface area contributed by atoms with Crippen molar-refractivity contribution in [3.63, 3.8) is 0 Å². The number of aryl methyl sites for hydroxylation is 2. The molecule has 0 unspecified atom stereocenters. The van der Waals surface area contributed by atoms with E-state index in [1.54, 1.807) is 17.8 Å². The molecule has 0 radical (unpaired) electrons. The number of nitrogens with one attached hydrogen (secondary N) is 1. The summed E-state index contributed by atoms with van der Waals surface area (Å²) in [5.74, 6) is 1.76. The van der Waals surface area contributed by atoms with Crippen molar-refractivity contribution in [2.24, 2.45) is 0 Å². The Hall–Kier alpha value is -1.75. The zero-order chi connectivity index (χ0) is 15.1. The molecule has 21 heavy (non-hydrogen) atoms. The fourth-order valence-electron chi connectivity index (χ4n) is 1.79. The predicted octanol–water partition coefficient (Wildman–Crippen LogP) is 3.20. The van der Waals surface area contributed by atoms with Gasteiger partial charge in [-0.3, -0.25) is 4.79 Å². The smallest absolute Gasteiger partial charge is 0.251 e. The number of benzene rings is 1. The molecular formula is C16H20N2O2S. The fraction of sp³-hybridized carbons (Fsp3) is 0.375. The summed E-state index contributed by atoms with van der Waals surface area (Å²) in [6, 6.07) is 9.58. The van der Waals surface area contributed by atoms with Crippen molar-refractivity contribution in [1.29, 1.82) is 0 Å². The van der Waals surface area contributed by atoms with Crippen LogP contribution in [0.4, 0.5) is 0 Å². The Labute approximate surface area is 129 Å². The molecule has 2 rings (SSSR count). The van der Waals surface area contributed by atoms with E-state index in [1.807, 2.05) is 31.2 Å². The maximum atomic E-state index is 11.4. The SMILES string of the molecule is CCc1cc(=O)[nH]c(SCCCOc2ccc(C)cc2)n1. The van der Waals surface area contributed by atoms with Gasteiger partial charge in [-0.05, 0) is 31.9 Å². The summed E-state index contributed by atoms with van der Waals surface area (Å²) in [4.78, 5) is 18.6. The highest BCUT2D eigenvalue weighted by Crippen LogP contribution is 2.15. The molecule has 0 saturated heterocycles. The highest BCUT2D eigenvalue weighted by Gasteiger charge is 2.01. The molecule has 1 heterocycles. The van der Waals surface area contributed by atoms with Crippen LogP contribution in [0, 0.1) is 6.92 Å². The Balaban J connectivity index is 1.73. The lowest BCUT2D eigenvalue weighted by atomic mass is 10.2. The van der Waals surface area contributed by atoms with Gasteiger partial charge in [0.25, 0.3) is 5.56 Å². The van der Waals surface area contributed by atoms with Crippen molar-refractivity contribution in [2.45, 2.75) is 31.8 Å². The van der Waals surface area contributed by atoms with Gasteiger partial charge in [0.05, 0.1) is 6.61 Å². The summed E-state index contributed by atoms with van der Waals surface area (Å²) in [6.07, 6.45) is 1.67. The topological polar surface area (TPSA) is 55.0 Å². The second-order valence-corrected chi connectivity index (χ2v) is 5.84. The van der Waals surface area contributed by atoms with E-state index in [1.165, 1.54) is 5.56 Å². The van der Waals surface area contributed by atoms with Gasteiger partial charge in [-0.15, -0.1) is 0 Å². The number of hydrogen-bond acceptors (Lipinski definition) is 4. The first-order valence-corrected chi connectivity index (χ1v) is 8.08. The summed E-state index contributed by atoms with van der Waals surface area (Å²) >= 11 is 1.56. The van der Waals surface area contributed by atoms with Crippen LogP contribution < -0.4 is 10.3 Å². The van der Waals surface area contributed by atoms with Crippen molar-refractivity contribution in [3.8, 4) is 5.75 Å². The number of aromatic nitrogens is 2. The van der Waals surface area contributed by atoms with Gasteiger partial charge in [-0.1, -0.05) is 36.4 Å². The largest absolute Gasteiger partial charge is 0.494 e. The Bertz CT molecular complexity index is 623. The second-order valence-electron chi connectivity index (χ2n) is 4.76. The number of aromatic amines is 1. The van der Waals surface area contributed by atoms with Crippen LogP contribution in [0.3, 0.4) is 0 Å².